The monoisotopic (exact) mass is 229 g/mol. The van der Waals surface area contributed by atoms with Crippen molar-refractivity contribution in [2.24, 2.45) is 0 Å². The third-order valence-electron chi connectivity index (χ3n) is 2.38. The van der Waals surface area contributed by atoms with E-state index < -0.39 is 0 Å². The minimum absolute atomic E-state index is 0.126. The number of ether oxygens (including phenoxy) is 1. The van der Waals surface area contributed by atoms with Gasteiger partial charge in [-0.1, -0.05) is 0 Å². The second-order valence-electron chi connectivity index (χ2n) is 3.37. The lowest BCUT2D eigenvalue weighted by molar-refractivity contribution is 0.414. The highest BCUT2D eigenvalue weighted by atomic mass is 16.5. The number of nitrogens with two attached hydrogens (primary N) is 2. The molecule has 0 saturated carbocycles. The number of rotatable bonds is 2. The Morgan fingerprint density at radius 2 is 1.94 bits per heavy atom. The zero-order valence-electron chi connectivity index (χ0n) is 9.21. The Kier molecular flexibility index (Phi) is 2.58. The average molecular weight is 229 g/mol. The first kappa shape index (κ1) is 10.8. The summed E-state index contributed by atoms with van der Waals surface area (Å²) in [5.41, 5.74) is 12.3. The number of aromatic nitrogens is 2. The van der Waals surface area contributed by atoms with E-state index in [0.717, 1.165) is 11.4 Å². The molecule has 0 unspecified atom stereocenters. The van der Waals surface area contributed by atoms with Gasteiger partial charge in [0.25, 0.3) is 0 Å². The van der Waals surface area contributed by atoms with Crippen molar-refractivity contribution < 1.29 is 4.74 Å². The van der Waals surface area contributed by atoms with Crippen LogP contribution in [0.3, 0.4) is 0 Å². The summed E-state index contributed by atoms with van der Waals surface area (Å²) < 4.78 is 6.47. The maximum atomic E-state index is 8.86. The number of anilines is 2. The van der Waals surface area contributed by atoms with Gasteiger partial charge in [-0.25, -0.2) is 4.68 Å². The van der Waals surface area contributed by atoms with E-state index in [2.05, 4.69) is 5.10 Å². The summed E-state index contributed by atoms with van der Waals surface area (Å²) in [5.74, 6) is 1.09. The molecule has 1 aromatic carbocycles. The lowest BCUT2D eigenvalue weighted by Gasteiger charge is -2.04. The molecule has 1 heterocycles. The number of nitrogen functional groups attached to an aromatic ring is 2. The molecule has 4 N–H and O–H groups in total. The summed E-state index contributed by atoms with van der Waals surface area (Å²) in [7, 11) is 1.59. The molecule has 0 atom stereocenters. The first-order chi connectivity index (χ1) is 8.17. The molecule has 0 aliphatic carbocycles. The van der Waals surface area contributed by atoms with Gasteiger partial charge in [0.05, 0.1) is 12.8 Å². The second-order valence-corrected chi connectivity index (χ2v) is 3.37. The lowest BCUT2D eigenvalue weighted by atomic mass is 10.3. The number of methoxy groups -OCH3 is 1. The van der Waals surface area contributed by atoms with Gasteiger partial charge in [-0.05, 0) is 24.3 Å². The van der Waals surface area contributed by atoms with Crippen LogP contribution in [0.4, 0.5) is 11.6 Å². The third kappa shape index (κ3) is 1.74. The van der Waals surface area contributed by atoms with Crippen LogP contribution in [0.2, 0.25) is 0 Å². The van der Waals surface area contributed by atoms with E-state index in [0.29, 0.717) is 0 Å². The molecule has 1 aromatic heterocycles. The third-order valence-corrected chi connectivity index (χ3v) is 2.38. The molecular weight excluding hydrogens is 218 g/mol. The van der Waals surface area contributed by atoms with Crippen molar-refractivity contribution in [2.75, 3.05) is 18.6 Å². The summed E-state index contributed by atoms with van der Waals surface area (Å²) >= 11 is 0. The Hall–Kier alpha value is -2.68. The van der Waals surface area contributed by atoms with Crippen molar-refractivity contribution in [2.45, 2.75) is 0 Å². The van der Waals surface area contributed by atoms with Crippen LogP contribution in [0.25, 0.3) is 5.69 Å². The van der Waals surface area contributed by atoms with Crippen molar-refractivity contribution in [3.8, 4) is 17.5 Å². The standard InChI is InChI=1S/C11H11N5O/c1-17-8-4-2-7(3-5-8)16-11(14)9(6-12)10(13)15-16/h2-5H,14H2,1H3,(H2,13,15). The molecule has 0 bridgehead atoms. The Labute approximate surface area is 98.0 Å². The van der Waals surface area contributed by atoms with Crippen LogP contribution < -0.4 is 16.2 Å². The van der Waals surface area contributed by atoms with Gasteiger partial charge in [0.1, 0.15) is 23.2 Å². The zero-order valence-corrected chi connectivity index (χ0v) is 9.21. The lowest BCUT2D eigenvalue weighted by Crippen LogP contribution is -2.02. The van der Waals surface area contributed by atoms with E-state index in [4.69, 9.17) is 21.5 Å². The fourth-order valence-electron chi connectivity index (χ4n) is 1.48. The van der Waals surface area contributed by atoms with Crippen molar-refractivity contribution in [3.05, 3.63) is 29.8 Å². The smallest absolute Gasteiger partial charge is 0.166 e. The van der Waals surface area contributed by atoms with Gasteiger partial charge in [0.15, 0.2) is 5.82 Å². The van der Waals surface area contributed by atoms with Gasteiger partial charge in [0.2, 0.25) is 0 Å². The fourth-order valence-corrected chi connectivity index (χ4v) is 1.48. The van der Waals surface area contributed by atoms with Crippen LogP contribution in [-0.4, -0.2) is 16.9 Å². The number of nitrogens with zero attached hydrogens (tertiary/aromatic N) is 3. The molecule has 86 valence electrons. The van der Waals surface area contributed by atoms with Crippen molar-refractivity contribution in [3.63, 3.8) is 0 Å². The first-order valence-electron chi connectivity index (χ1n) is 4.86. The minimum Gasteiger partial charge on any atom is -0.497 e. The molecule has 0 spiro atoms. The highest BCUT2D eigenvalue weighted by Crippen LogP contribution is 2.23. The quantitative estimate of drug-likeness (QED) is 0.796. The molecule has 0 fully saturated rings. The molecular formula is C11H11N5O. The van der Waals surface area contributed by atoms with Gasteiger partial charge in [-0.15, -0.1) is 5.10 Å². The summed E-state index contributed by atoms with van der Waals surface area (Å²) in [6.07, 6.45) is 0. The predicted octanol–water partition coefficient (Wildman–Crippen LogP) is 0.917. The summed E-state index contributed by atoms with van der Waals surface area (Å²) in [6.45, 7) is 0. The van der Waals surface area contributed by atoms with Crippen LogP contribution in [0.5, 0.6) is 5.75 Å². The minimum atomic E-state index is 0.126. The van der Waals surface area contributed by atoms with Gasteiger partial charge < -0.3 is 16.2 Å². The fraction of sp³-hybridized carbons (Fsp3) is 0.0909. The van der Waals surface area contributed by atoms with Gasteiger partial charge in [0, 0.05) is 0 Å². The van der Waals surface area contributed by atoms with Crippen LogP contribution in [0.15, 0.2) is 24.3 Å². The first-order valence-corrected chi connectivity index (χ1v) is 4.86. The normalized spacial score (nSPS) is 9.88. The second kappa shape index (κ2) is 4.06. The van der Waals surface area contributed by atoms with Gasteiger partial charge in [-0.3, -0.25) is 0 Å². The summed E-state index contributed by atoms with van der Waals surface area (Å²) in [5, 5.41) is 12.9. The van der Waals surface area contributed by atoms with Crippen molar-refractivity contribution >= 4 is 11.6 Å². The van der Waals surface area contributed by atoms with Crippen LogP contribution in [0, 0.1) is 11.3 Å². The molecule has 0 amide bonds. The Morgan fingerprint density at radius 1 is 1.29 bits per heavy atom. The number of hydrogen-bond acceptors (Lipinski definition) is 5. The van der Waals surface area contributed by atoms with Crippen LogP contribution in [-0.2, 0) is 0 Å². The molecule has 2 aromatic rings. The molecule has 2 rings (SSSR count). The molecule has 17 heavy (non-hydrogen) atoms. The maximum Gasteiger partial charge on any atom is 0.166 e. The Balaban J connectivity index is 2.50. The highest BCUT2D eigenvalue weighted by molar-refractivity contribution is 5.64. The predicted molar refractivity (Wildman–Crippen MR) is 63.7 cm³/mol. The van der Waals surface area contributed by atoms with E-state index in [1.165, 1.54) is 4.68 Å². The Bertz CT molecular complexity index is 579. The zero-order chi connectivity index (χ0) is 12.4. The van der Waals surface area contributed by atoms with E-state index in [-0.39, 0.29) is 17.2 Å². The van der Waals surface area contributed by atoms with Gasteiger partial charge in [-0.2, -0.15) is 5.26 Å². The largest absolute Gasteiger partial charge is 0.497 e. The van der Waals surface area contributed by atoms with Crippen molar-refractivity contribution in [1.29, 1.82) is 5.26 Å². The van der Waals surface area contributed by atoms with E-state index >= 15 is 0 Å². The van der Waals surface area contributed by atoms with Crippen LogP contribution in [0.1, 0.15) is 5.56 Å². The molecule has 0 aliphatic heterocycles. The Morgan fingerprint density at radius 3 is 2.41 bits per heavy atom. The topological polar surface area (TPSA) is 103 Å². The van der Waals surface area contributed by atoms with Crippen LogP contribution >= 0.6 is 0 Å². The summed E-state index contributed by atoms with van der Waals surface area (Å²) in [6, 6.07) is 9.03. The van der Waals surface area contributed by atoms with Crippen molar-refractivity contribution in [1.82, 2.24) is 9.78 Å². The van der Waals surface area contributed by atoms with E-state index in [1.54, 1.807) is 31.4 Å². The SMILES string of the molecule is COc1ccc(-n2nc(N)c(C#N)c2N)cc1. The molecule has 0 aliphatic rings. The maximum absolute atomic E-state index is 8.86. The highest BCUT2D eigenvalue weighted by Gasteiger charge is 2.13. The summed E-state index contributed by atoms with van der Waals surface area (Å²) in [4.78, 5) is 0. The van der Waals surface area contributed by atoms with E-state index in [1.807, 2.05) is 6.07 Å². The number of nitriles is 1. The molecule has 6 heteroatoms. The molecule has 6 nitrogen and oxygen atoms in total. The number of benzene rings is 1. The average Bonchev–Trinajstić information content (AvgIpc) is 2.64. The van der Waals surface area contributed by atoms with E-state index in [9.17, 15) is 0 Å². The van der Waals surface area contributed by atoms with Gasteiger partial charge >= 0.3 is 0 Å². The molecule has 0 radical (unpaired) electrons. The molecule has 0 saturated heterocycles. The number of hydrogen-bond donors (Lipinski definition) is 2.